The number of rotatable bonds is 3. The summed E-state index contributed by atoms with van der Waals surface area (Å²) in [7, 11) is 0. The average Bonchev–Trinajstić information content (AvgIpc) is 2.41. The lowest BCUT2D eigenvalue weighted by atomic mass is 10.1. The van der Waals surface area contributed by atoms with Crippen LogP contribution in [-0.2, 0) is 9.59 Å². The summed E-state index contributed by atoms with van der Waals surface area (Å²) < 4.78 is 0. The molecule has 4 N–H and O–H groups in total. The fourth-order valence-corrected chi connectivity index (χ4v) is 1.81. The number of hydrogen-bond donors (Lipinski definition) is 3. The molecule has 1 aliphatic rings. The van der Waals surface area contributed by atoms with Crippen LogP contribution in [0.25, 0.3) is 0 Å². The van der Waals surface area contributed by atoms with Gasteiger partial charge in [0.1, 0.15) is 6.54 Å². The third-order valence-corrected chi connectivity index (χ3v) is 2.85. The van der Waals surface area contributed by atoms with Crippen molar-refractivity contribution in [2.45, 2.75) is 6.10 Å². The number of carbonyl (C=O) groups is 2. The maximum absolute atomic E-state index is 11.7. The van der Waals surface area contributed by atoms with Crippen molar-refractivity contribution in [3.8, 4) is 0 Å². The molecule has 1 aromatic carbocycles. The maximum Gasteiger partial charge on any atom is 0.246 e. The lowest BCUT2D eigenvalue weighted by Gasteiger charge is -2.26. The van der Waals surface area contributed by atoms with Gasteiger partial charge in [-0.1, -0.05) is 12.1 Å². The summed E-state index contributed by atoms with van der Waals surface area (Å²) in [6.07, 6.45) is -0.709. The number of anilines is 1. The van der Waals surface area contributed by atoms with Crippen LogP contribution in [0.1, 0.15) is 11.7 Å². The highest BCUT2D eigenvalue weighted by atomic mass is 16.3. The fourth-order valence-electron chi connectivity index (χ4n) is 1.81. The molecule has 2 rings (SSSR count). The first kappa shape index (κ1) is 12.5. The SMILES string of the molecule is NCC(O)c1ccc(N2CC(=O)NCC2=O)cc1. The Kier molecular flexibility index (Phi) is 3.59. The molecule has 1 aromatic rings. The van der Waals surface area contributed by atoms with Gasteiger partial charge >= 0.3 is 0 Å². The van der Waals surface area contributed by atoms with Gasteiger partial charge in [-0.25, -0.2) is 0 Å². The van der Waals surface area contributed by atoms with Gasteiger partial charge in [-0.3, -0.25) is 9.59 Å². The normalized spacial score (nSPS) is 17.6. The van der Waals surface area contributed by atoms with E-state index in [0.29, 0.717) is 11.3 Å². The van der Waals surface area contributed by atoms with Crippen LogP contribution in [0, 0.1) is 0 Å². The second kappa shape index (κ2) is 5.16. The molecule has 0 spiro atoms. The molecule has 1 saturated heterocycles. The molecule has 1 heterocycles. The zero-order valence-corrected chi connectivity index (χ0v) is 9.80. The Bertz CT molecular complexity index is 458. The number of nitrogens with two attached hydrogens (primary N) is 1. The summed E-state index contributed by atoms with van der Waals surface area (Å²) in [5.41, 5.74) is 6.69. The van der Waals surface area contributed by atoms with Crippen molar-refractivity contribution in [2.75, 3.05) is 24.5 Å². The molecule has 1 atom stereocenters. The Labute approximate surface area is 104 Å². The van der Waals surface area contributed by atoms with Crippen LogP contribution in [0.15, 0.2) is 24.3 Å². The third-order valence-electron chi connectivity index (χ3n) is 2.85. The zero-order chi connectivity index (χ0) is 13.1. The minimum atomic E-state index is -0.709. The van der Waals surface area contributed by atoms with Gasteiger partial charge in [-0.05, 0) is 17.7 Å². The van der Waals surface area contributed by atoms with Gasteiger partial charge in [0.2, 0.25) is 11.8 Å². The number of benzene rings is 1. The molecule has 1 fully saturated rings. The van der Waals surface area contributed by atoms with E-state index in [1.165, 1.54) is 4.90 Å². The van der Waals surface area contributed by atoms with Crippen LogP contribution in [0.4, 0.5) is 5.69 Å². The quantitative estimate of drug-likeness (QED) is 0.649. The second-order valence-electron chi connectivity index (χ2n) is 4.10. The Morgan fingerprint density at radius 2 is 2.00 bits per heavy atom. The van der Waals surface area contributed by atoms with E-state index in [4.69, 9.17) is 5.73 Å². The van der Waals surface area contributed by atoms with Gasteiger partial charge in [0.05, 0.1) is 12.6 Å². The second-order valence-corrected chi connectivity index (χ2v) is 4.10. The molecular weight excluding hydrogens is 234 g/mol. The number of aliphatic hydroxyl groups excluding tert-OH is 1. The number of nitrogens with zero attached hydrogens (tertiary/aromatic N) is 1. The van der Waals surface area contributed by atoms with Crippen molar-refractivity contribution in [1.82, 2.24) is 5.32 Å². The topological polar surface area (TPSA) is 95.7 Å². The van der Waals surface area contributed by atoms with Crippen molar-refractivity contribution in [2.24, 2.45) is 5.73 Å². The van der Waals surface area contributed by atoms with Gasteiger partial charge in [0.25, 0.3) is 0 Å². The van der Waals surface area contributed by atoms with Crippen LogP contribution in [0.5, 0.6) is 0 Å². The lowest BCUT2D eigenvalue weighted by Crippen LogP contribution is -2.51. The monoisotopic (exact) mass is 249 g/mol. The van der Waals surface area contributed by atoms with Crippen molar-refractivity contribution in [3.05, 3.63) is 29.8 Å². The van der Waals surface area contributed by atoms with E-state index >= 15 is 0 Å². The van der Waals surface area contributed by atoms with Gasteiger partial charge < -0.3 is 21.1 Å². The smallest absolute Gasteiger partial charge is 0.246 e. The number of nitrogens with one attached hydrogen (secondary N) is 1. The molecule has 1 aliphatic heterocycles. The molecule has 0 aliphatic carbocycles. The summed E-state index contributed by atoms with van der Waals surface area (Å²) in [5, 5.41) is 12.0. The predicted octanol–water partition coefficient (Wildman–Crippen LogP) is -0.859. The maximum atomic E-state index is 11.7. The molecule has 2 amide bonds. The fraction of sp³-hybridized carbons (Fsp3) is 0.333. The van der Waals surface area contributed by atoms with Crippen molar-refractivity contribution in [1.29, 1.82) is 0 Å². The molecule has 18 heavy (non-hydrogen) atoms. The number of carbonyl (C=O) groups excluding carboxylic acids is 2. The van der Waals surface area contributed by atoms with Crippen molar-refractivity contribution >= 4 is 17.5 Å². The van der Waals surface area contributed by atoms with E-state index in [2.05, 4.69) is 5.32 Å². The molecule has 1 unspecified atom stereocenters. The van der Waals surface area contributed by atoms with E-state index in [0.717, 1.165) is 0 Å². The number of piperazine rings is 1. The molecule has 0 saturated carbocycles. The summed E-state index contributed by atoms with van der Waals surface area (Å²) in [5.74, 6) is -0.331. The first-order valence-corrected chi connectivity index (χ1v) is 5.67. The predicted molar refractivity (Wildman–Crippen MR) is 65.8 cm³/mol. The third kappa shape index (κ3) is 2.49. The van der Waals surface area contributed by atoms with Gasteiger partial charge in [-0.15, -0.1) is 0 Å². The molecule has 0 aromatic heterocycles. The highest BCUT2D eigenvalue weighted by Crippen LogP contribution is 2.19. The number of amides is 2. The Morgan fingerprint density at radius 3 is 2.61 bits per heavy atom. The molecular formula is C12H15N3O3. The lowest BCUT2D eigenvalue weighted by molar-refractivity contribution is -0.128. The largest absolute Gasteiger partial charge is 0.387 e. The van der Waals surface area contributed by atoms with E-state index in [1.807, 2.05) is 0 Å². The Morgan fingerprint density at radius 1 is 1.33 bits per heavy atom. The summed E-state index contributed by atoms with van der Waals surface area (Å²) >= 11 is 0. The van der Waals surface area contributed by atoms with E-state index in [9.17, 15) is 14.7 Å². The van der Waals surface area contributed by atoms with Crippen LogP contribution in [-0.4, -0.2) is 36.6 Å². The minimum absolute atomic E-state index is 0.0199. The molecule has 96 valence electrons. The van der Waals surface area contributed by atoms with Gasteiger partial charge in [0, 0.05) is 12.2 Å². The minimum Gasteiger partial charge on any atom is -0.387 e. The Hall–Kier alpha value is -1.92. The molecule has 6 heteroatoms. The standard InChI is InChI=1S/C12H15N3O3/c13-5-10(16)8-1-3-9(4-2-8)15-7-11(17)14-6-12(15)18/h1-4,10,16H,5-7,13H2,(H,14,17). The van der Waals surface area contributed by atoms with Crippen molar-refractivity contribution < 1.29 is 14.7 Å². The highest BCUT2D eigenvalue weighted by molar-refractivity contribution is 6.04. The summed E-state index contributed by atoms with van der Waals surface area (Å²) in [6, 6.07) is 6.80. The molecule has 6 nitrogen and oxygen atoms in total. The van der Waals surface area contributed by atoms with Crippen molar-refractivity contribution in [3.63, 3.8) is 0 Å². The zero-order valence-electron chi connectivity index (χ0n) is 9.80. The summed E-state index contributed by atoms with van der Waals surface area (Å²) in [6.45, 7) is 0.189. The highest BCUT2D eigenvalue weighted by Gasteiger charge is 2.24. The van der Waals surface area contributed by atoms with Gasteiger partial charge in [-0.2, -0.15) is 0 Å². The van der Waals surface area contributed by atoms with Crippen LogP contribution < -0.4 is 16.0 Å². The molecule has 0 bridgehead atoms. The molecule has 0 radical (unpaired) electrons. The van der Waals surface area contributed by atoms with Crippen LogP contribution in [0.2, 0.25) is 0 Å². The van der Waals surface area contributed by atoms with Crippen LogP contribution >= 0.6 is 0 Å². The Balaban J connectivity index is 2.18. The van der Waals surface area contributed by atoms with E-state index in [-0.39, 0.29) is 31.4 Å². The van der Waals surface area contributed by atoms with E-state index in [1.54, 1.807) is 24.3 Å². The van der Waals surface area contributed by atoms with E-state index < -0.39 is 6.10 Å². The number of aliphatic hydroxyl groups is 1. The summed E-state index contributed by atoms with van der Waals surface area (Å²) in [4.78, 5) is 24.3. The van der Waals surface area contributed by atoms with Crippen LogP contribution in [0.3, 0.4) is 0 Å². The first-order chi connectivity index (χ1) is 8.61. The first-order valence-electron chi connectivity index (χ1n) is 5.67. The van der Waals surface area contributed by atoms with Gasteiger partial charge in [0.15, 0.2) is 0 Å². The average molecular weight is 249 g/mol. The number of hydrogen-bond acceptors (Lipinski definition) is 4.